The zero-order valence-electron chi connectivity index (χ0n) is 9.00. The summed E-state index contributed by atoms with van der Waals surface area (Å²) >= 11 is 5.82. The number of rotatable bonds is 5. The molecule has 0 amide bonds. The Morgan fingerprint density at radius 3 is 2.87 bits per heavy atom. The summed E-state index contributed by atoms with van der Waals surface area (Å²) in [6.07, 6.45) is 0.738. The fourth-order valence-corrected chi connectivity index (χ4v) is 1.54. The van der Waals surface area contributed by atoms with Crippen LogP contribution in [0.2, 0.25) is 5.02 Å². The first-order valence-corrected chi connectivity index (χ1v) is 5.31. The molecule has 0 spiro atoms. The highest BCUT2D eigenvalue weighted by molar-refractivity contribution is 6.31. The lowest BCUT2D eigenvalue weighted by Crippen LogP contribution is -2.13. The zero-order chi connectivity index (χ0) is 11.3. The van der Waals surface area contributed by atoms with Gasteiger partial charge in [0.2, 0.25) is 0 Å². The van der Waals surface area contributed by atoms with Crippen LogP contribution >= 0.6 is 11.6 Å². The smallest absolute Gasteiger partial charge is 0.165 e. The Labute approximate surface area is 95.2 Å². The van der Waals surface area contributed by atoms with Crippen molar-refractivity contribution >= 4 is 17.4 Å². The molecule has 1 rings (SSSR count). The molecule has 0 aliphatic carbocycles. The minimum atomic E-state index is -0.0246. The van der Waals surface area contributed by atoms with Crippen LogP contribution in [0.3, 0.4) is 0 Å². The van der Waals surface area contributed by atoms with E-state index in [4.69, 9.17) is 16.3 Å². The second-order valence-corrected chi connectivity index (χ2v) is 3.99. The highest BCUT2D eigenvalue weighted by Crippen LogP contribution is 2.16. The molecule has 2 nitrogen and oxygen atoms in total. The highest BCUT2D eigenvalue weighted by atomic mass is 35.5. The topological polar surface area (TPSA) is 26.3 Å². The van der Waals surface area contributed by atoms with Crippen molar-refractivity contribution in [3.05, 3.63) is 34.9 Å². The number of benzene rings is 1. The summed E-state index contributed by atoms with van der Waals surface area (Å²) in [5.74, 6) is 0.0953. The third kappa shape index (κ3) is 3.65. The van der Waals surface area contributed by atoms with Gasteiger partial charge in [0.25, 0.3) is 0 Å². The Bertz CT molecular complexity index is 336. The van der Waals surface area contributed by atoms with Gasteiger partial charge in [-0.05, 0) is 18.6 Å². The van der Waals surface area contributed by atoms with Gasteiger partial charge in [0.05, 0.1) is 0 Å². The first-order chi connectivity index (χ1) is 7.15. The molecule has 1 unspecified atom stereocenters. The maximum Gasteiger partial charge on any atom is 0.165 e. The molecule has 15 heavy (non-hydrogen) atoms. The molecular formula is C12H15ClO2. The molecule has 0 heterocycles. The van der Waals surface area contributed by atoms with Gasteiger partial charge in [0, 0.05) is 30.2 Å². The van der Waals surface area contributed by atoms with Crippen molar-refractivity contribution in [1.29, 1.82) is 0 Å². The zero-order valence-corrected chi connectivity index (χ0v) is 9.75. The molecular weight excluding hydrogens is 212 g/mol. The molecule has 1 atom stereocenters. The Balaban J connectivity index is 2.67. The maximum absolute atomic E-state index is 11.9. The normalized spacial score (nSPS) is 12.5. The van der Waals surface area contributed by atoms with Gasteiger partial charge >= 0.3 is 0 Å². The molecule has 0 bridgehead atoms. The van der Waals surface area contributed by atoms with Gasteiger partial charge in [-0.1, -0.05) is 30.7 Å². The third-order valence-electron chi connectivity index (χ3n) is 2.31. The average Bonchev–Trinajstić information content (AvgIpc) is 2.24. The second-order valence-electron chi connectivity index (χ2n) is 3.56. The van der Waals surface area contributed by atoms with Gasteiger partial charge < -0.3 is 4.74 Å². The average molecular weight is 227 g/mol. The number of carbonyl (C=O) groups excluding carboxylic acids is 1. The van der Waals surface area contributed by atoms with E-state index in [0.29, 0.717) is 17.2 Å². The van der Waals surface area contributed by atoms with Crippen LogP contribution in [0.5, 0.6) is 0 Å². The summed E-state index contributed by atoms with van der Waals surface area (Å²) in [6, 6.07) is 7.04. The Hall–Kier alpha value is -0.860. The van der Waals surface area contributed by atoms with Crippen LogP contribution in [0.25, 0.3) is 0 Å². The number of ether oxygens (including phenoxy) is 1. The number of Topliss-reactive ketones (excluding diaryl/α,β-unsaturated/α-hetero) is 1. The van der Waals surface area contributed by atoms with E-state index >= 15 is 0 Å². The van der Waals surface area contributed by atoms with Crippen molar-refractivity contribution in [2.45, 2.75) is 13.3 Å². The van der Waals surface area contributed by atoms with Crippen molar-refractivity contribution in [2.75, 3.05) is 13.7 Å². The molecule has 0 aliphatic rings. The monoisotopic (exact) mass is 226 g/mol. The van der Waals surface area contributed by atoms with Crippen LogP contribution in [0.15, 0.2) is 24.3 Å². The Morgan fingerprint density at radius 1 is 1.53 bits per heavy atom. The summed E-state index contributed by atoms with van der Waals surface area (Å²) in [6.45, 7) is 2.51. The quantitative estimate of drug-likeness (QED) is 0.721. The lowest BCUT2D eigenvalue weighted by atomic mass is 9.97. The standard InChI is InChI=1S/C12H15ClO2/c1-9(6-7-15-2)12(14)10-4-3-5-11(13)8-10/h3-5,8-9H,6-7H2,1-2H3. The Kier molecular flexibility index (Phi) is 4.79. The molecule has 0 saturated heterocycles. The molecule has 0 aliphatic heterocycles. The predicted octanol–water partition coefficient (Wildman–Crippen LogP) is 3.20. The van der Waals surface area contributed by atoms with Gasteiger partial charge in [0.15, 0.2) is 5.78 Å². The van der Waals surface area contributed by atoms with E-state index in [2.05, 4.69) is 0 Å². The first kappa shape index (κ1) is 12.2. The van der Waals surface area contributed by atoms with Crippen LogP contribution in [-0.2, 0) is 4.74 Å². The largest absolute Gasteiger partial charge is 0.385 e. The minimum Gasteiger partial charge on any atom is -0.385 e. The van der Waals surface area contributed by atoms with Crippen LogP contribution in [-0.4, -0.2) is 19.5 Å². The first-order valence-electron chi connectivity index (χ1n) is 4.94. The number of methoxy groups -OCH3 is 1. The van der Waals surface area contributed by atoms with E-state index in [0.717, 1.165) is 6.42 Å². The number of halogens is 1. The summed E-state index contributed by atoms with van der Waals surface area (Å²) in [7, 11) is 1.64. The second kappa shape index (κ2) is 5.89. The fraction of sp³-hybridized carbons (Fsp3) is 0.417. The lowest BCUT2D eigenvalue weighted by molar-refractivity contribution is 0.0893. The van der Waals surface area contributed by atoms with E-state index in [1.54, 1.807) is 31.4 Å². The van der Waals surface area contributed by atoms with E-state index in [-0.39, 0.29) is 11.7 Å². The van der Waals surface area contributed by atoms with Gasteiger partial charge in [-0.2, -0.15) is 0 Å². The van der Waals surface area contributed by atoms with Gasteiger partial charge in [-0.3, -0.25) is 4.79 Å². The highest BCUT2D eigenvalue weighted by Gasteiger charge is 2.14. The number of hydrogen-bond donors (Lipinski definition) is 0. The molecule has 1 aromatic rings. The van der Waals surface area contributed by atoms with Gasteiger partial charge in [-0.25, -0.2) is 0 Å². The van der Waals surface area contributed by atoms with Crippen LogP contribution in [0.4, 0.5) is 0 Å². The van der Waals surface area contributed by atoms with Crippen LogP contribution in [0.1, 0.15) is 23.7 Å². The lowest BCUT2D eigenvalue weighted by Gasteiger charge is -2.09. The molecule has 0 radical (unpaired) electrons. The minimum absolute atomic E-state index is 0.0246. The van der Waals surface area contributed by atoms with Crippen LogP contribution < -0.4 is 0 Å². The van der Waals surface area contributed by atoms with E-state index < -0.39 is 0 Å². The van der Waals surface area contributed by atoms with E-state index in [1.165, 1.54) is 0 Å². The van der Waals surface area contributed by atoms with E-state index in [1.807, 2.05) is 6.92 Å². The third-order valence-corrected chi connectivity index (χ3v) is 2.55. The van der Waals surface area contributed by atoms with Crippen LogP contribution in [0, 0.1) is 5.92 Å². The molecule has 0 fully saturated rings. The molecule has 1 aromatic carbocycles. The molecule has 0 saturated carbocycles. The summed E-state index contributed by atoms with van der Waals surface area (Å²) in [5.41, 5.74) is 0.672. The van der Waals surface area contributed by atoms with E-state index in [9.17, 15) is 4.79 Å². The fourth-order valence-electron chi connectivity index (χ4n) is 1.35. The summed E-state index contributed by atoms with van der Waals surface area (Å²) in [4.78, 5) is 11.9. The molecule has 0 aromatic heterocycles. The Morgan fingerprint density at radius 2 is 2.27 bits per heavy atom. The van der Waals surface area contributed by atoms with Crippen molar-refractivity contribution in [2.24, 2.45) is 5.92 Å². The SMILES string of the molecule is COCCC(C)C(=O)c1cccc(Cl)c1. The van der Waals surface area contributed by atoms with Crippen molar-refractivity contribution in [3.8, 4) is 0 Å². The molecule has 82 valence electrons. The van der Waals surface area contributed by atoms with Crippen molar-refractivity contribution < 1.29 is 9.53 Å². The number of hydrogen-bond acceptors (Lipinski definition) is 2. The number of carbonyl (C=O) groups is 1. The summed E-state index contributed by atoms with van der Waals surface area (Å²) in [5, 5.41) is 0.597. The predicted molar refractivity (Wildman–Crippen MR) is 61.4 cm³/mol. The van der Waals surface area contributed by atoms with Gasteiger partial charge in [-0.15, -0.1) is 0 Å². The molecule has 3 heteroatoms. The maximum atomic E-state index is 11.9. The van der Waals surface area contributed by atoms with Crippen molar-refractivity contribution in [1.82, 2.24) is 0 Å². The molecule has 0 N–H and O–H groups in total. The number of ketones is 1. The summed E-state index contributed by atoms with van der Waals surface area (Å²) < 4.78 is 4.94. The van der Waals surface area contributed by atoms with Crippen molar-refractivity contribution in [3.63, 3.8) is 0 Å². The van der Waals surface area contributed by atoms with Gasteiger partial charge in [0.1, 0.15) is 0 Å².